The third kappa shape index (κ3) is 6.85. The van der Waals surface area contributed by atoms with Gasteiger partial charge in [0, 0.05) is 11.7 Å². The van der Waals surface area contributed by atoms with Crippen molar-refractivity contribution < 1.29 is 19.1 Å². The Morgan fingerprint density at radius 3 is 2.24 bits per heavy atom. The molecule has 0 bridgehead atoms. The number of benzene rings is 2. The Morgan fingerprint density at radius 2 is 1.68 bits per heavy atom. The van der Waals surface area contributed by atoms with Crippen LogP contribution in [0, 0.1) is 33.2 Å². The van der Waals surface area contributed by atoms with Crippen molar-refractivity contribution >= 4 is 23.6 Å². The van der Waals surface area contributed by atoms with Crippen LogP contribution in [0.4, 0.5) is 10.5 Å². The van der Waals surface area contributed by atoms with Crippen molar-refractivity contribution in [2.24, 2.45) is 0 Å². The summed E-state index contributed by atoms with van der Waals surface area (Å²) in [7, 11) is 0. The van der Waals surface area contributed by atoms with E-state index in [2.05, 4.69) is 16.7 Å². The first-order valence-corrected chi connectivity index (χ1v) is 11.1. The molecule has 0 radical (unpaired) electrons. The summed E-state index contributed by atoms with van der Waals surface area (Å²) in [5.74, 6) is -1.07. The van der Waals surface area contributed by atoms with Gasteiger partial charge in [-0.1, -0.05) is 48.4 Å². The fourth-order valence-electron chi connectivity index (χ4n) is 3.46. The highest BCUT2D eigenvalue weighted by molar-refractivity contribution is 6.00. The lowest BCUT2D eigenvalue weighted by Gasteiger charge is -2.30. The summed E-state index contributed by atoms with van der Waals surface area (Å²) >= 11 is 0. The summed E-state index contributed by atoms with van der Waals surface area (Å²) in [5.41, 5.74) is 3.17. The maximum absolute atomic E-state index is 13.5. The summed E-state index contributed by atoms with van der Waals surface area (Å²) in [6.45, 7) is 12.3. The lowest BCUT2D eigenvalue weighted by molar-refractivity contribution is -0.136. The zero-order valence-corrected chi connectivity index (χ0v) is 20.9. The number of nitrogens with zero attached hydrogens (tertiary/aromatic N) is 1. The van der Waals surface area contributed by atoms with Gasteiger partial charge in [-0.2, -0.15) is 0 Å². The molecule has 0 heterocycles. The molecule has 2 unspecified atom stereocenters. The fourth-order valence-corrected chi connectivity index (χ4v) is 3.46. The zero-order valence-electron chi connectivity index (χ0n) is 20.9. The molecule has 2 atom stereocenters. The SMILES string of the molecule is C#CN(C(=O)C(C)NC(=O)OC(C)(C)C)C(C(=O)Nc1ccccc1C)c1ccc(C)cc1C. The number of hydrogen-bond acceptors (Lipinski definition) is 4. The van der Waals surface area contributed by atoms with Crippen molar-refractivity contribution in [3.63, 3.8) is 0 Å². The van der Waals surface area contributed by atoms with E-state index in [0.717, 1.165) is 21.6 Å². The van der Waals surface area contributed by atoms with Crippen molar-refractivity contribution in [1.82, 2.24) is 10.2 Å². The number of terminal acetylenes is 1. The van der Waals surface area contributed by atoms with Crippen LogP contribution in [0.25, 0.3) is 0 Å². The molecule has 3 amide bonds. The van der Waals surface area contributed by atoms with E-state index >= 15 is 0 Å². The topological polar surface area (TPSA) is 87.7 Å². The molecule has 0 fully saturated rings. The second-order valence-electron chi connectivity index (χ2n) is 9.27. The molecule has 7 nitrogen and oxygen atoms in total. The lowest BCUT2D eigenvalue weighted by Crippen LogP contribution is -2.49. The van der Waals surface area contributed by atoms with E-state index in [9.17, 15) is 14.4 Å². The smallest absolute Gasteiger partial charge is 0.408 e. The van der Waals surface area contributed by atoms with E-state index in [-0.39, 0.29) is 0 Å². The molecule has 0 saturated carbocycles. The molecule has 34 heavy (non-hydrogen) atoms. The van der Waals surface area contributed by atoms with Gasteiger partial charge in [-0.05, 0) is 71.2 Å². The van der Waals surface area contributed by atoms with Crippen molar-refractivity contribution in [1.29, 1.82) is 0 Å². The second-order valence-corrected chi connectivity index (χ2v) is 9.27. The van der Waals surface area contributed by atoms with E-state index in [1.807, 2.05) is 51.1 Å². The number of carbonyl (C=O) groups is 3. The zero-order chi connectivity index (χ0) is 25.6. The van der Waals surface area contributed by atoms with Crippen molar-refractivity contribution in [3.05, 3.63) is 64.7 Å². The number of hydrogen-bond donors (Lipinski definition) is 2. The van der Waals surface area contributed by atoms with Gasteiger partial charge in [0.15, 0.2) is 0 Å². The van der Waals surface area contributed by atoms with Gasteiger partial charge in [0.1, 0.15) is 17.7 Å². The summed E-state index contributed by atoms with van der Waals surface area (Å²) < 4.78 is 5.24. The number of carbonyl (C=O) groups excluding carboxylic acids is 3. The highest BCUT2D eigenvalue weighted by atomic mass is 16.6. The Hall–Kier alpha value is -3.79. The number of ether oxygens (including phenoxy) is 1. The highest BCUT2D eigenvalue weighted by Gasteiger charge is 2.35. The first-order chi connectivity index (χ1) is 15.8. The lowest BCUT2D eigenvalue weighted by atomic mass is 9.96. The van der Waals surface area contributed by atoms with Gasteiger partial charge in [0.05, 0.1) is 0 Å². The van der Waals surface area contributed by atoms with Gasteiger partial charge in [0.25, 0.3) is 11.8 Å². The van der Waals surface area contributed by atoms with Gasteiger partial charge in [-0.3, -0.25) is 14.5 Å². The molecule has 180 valence electrons. The molecule has 0 aliphatic heterocycles. The van der Waals surface area contributed by atoms with Gasteiger partial charge in [0.2, 0.25) is 0 Å². The molecule has 2 rings (SSSR count). The van der Waals surface area contributed by atoms with Crippen molar-refractivity contribution in [2.75, 3.05) is 5.32 Å². The third-order valence-electron chi connectivity index (χ3n) is 5.11. The fraction of sp³-hybridized carbons (Fsp3) is 0.370. The molecule has 7 heteroatoms. The molecule has 2 N–H and O–H groups in total. The second kappa shape index (κ2) is 10.9. The van der Waals surface area contributed by atoms with Crippen LogP contribution in [0.15, 0.2) is 42.5 Å². The van der Waals surface area contributed by atoms with E-state index in [4.69, 9.17) is 11.2 Å². The Balaban J connectivity index is 2.42. The molecular formula is C27H33N3O4. The quantitative estimate of drug-likeness (QED) is 0.483. The van der Waals surface area contributed by atoms with Crippen LogP contribution in [0.5, 0.6) is 0 Å². The van der Waals surface area contributed by atoms with Crippen LogP contribution in [0.3, 0.4) is 0 Å². The molecule has 2 aromatic carbocycles. The first-order valence-electron chi connectivity index (χ1n) is 11.1. The predicted octanol–water partition coefficient (Wildman–Crippen LogP) is 4.62. The normalized spacial score (nSPS) is 12.6. The third-order valence-corrected chi connectivity index (χ3v) is 5.11. The Morgan fingerprint density at radius 1 is 1.03 bits per heavy atom. The molecular weight excluding hydrogens is 430 g/mol. The van der Waals surface area contributed by atoms with Crippen LogP contribution in [-0.2, 0) is 14.3 Å². The predicted molar refractivity (Wildman–Crippen MR) is 133 cm³/mol. The minimum Gasteiger partial charge on any atom is -0.444 e. The summed E-state index contributed by atoms with van der Waals surface area (Å²) in [4.78, 5) is 40.1. The summed E-state index contributed by atoms with van der Waals surface area (Å²) in [6, 6.07) is 13.1. The minimum absolute atomic E-state index is 0.461. The van der Waals surface area contributed by atoms with Gasteiger partial charge in [-0.25, -0.2) is 4.79 Å². The molecule has 0 aliphatic rings. The Kier molecular flexibility index (Phi) is 8.47. The van der Waals surface area contributed by atoms with Gasteiger partial charge >= 0.3 is 6.09 Å². The largest absolute Gasteiger partial charge is 0.444 e. The number of anilines is 1. The Labute approximate surface area is 201 Å². The number of para-hydroxylation sites is 1. The number of rotatable bonds is 6. The maximum Gasteiger partial charge on any atom is 0.408 e. The number of nitrogens with one attached hydrogen (secondary N) is 2. The van der Waals surface area contributed by atoms with Crippen LogP contribution < -0.4 is 10.6 Å². The summed E-state index contributed by atoms with van der Waals surface area (Å²) in [5, 5.41) is 5.39. The average Bonchev–Trinajstić information content (AvgIpc) is 2.72. The minimum atomic E-state index is -1.11. The average molecular weight is 464 g/mol. The van der Waals surface area contributed by atoms with E-state index < -0.39 is 35.6 Å². The summed E-state index contributed by atoms with van der Waals surface area (Å²) in [6.07, 6.45) is 5.00. The van der Waals surface area contributed by atoms with Crippen molar-refractivity contribution in [2.45, 2.75) is 66.2 Å². The Bertz CT molecular complexity index is 1110. The van der Waals surface area contributed by atoms with Crippen LogP contribution in [0.1, 0.15) is 56.0 Å². The molecule has 2 aromatic rings. The standard InChI is InChI=1S/C27H33N3O4/c1-9-30(25(32)20(5)28-26(33)34-27(6,7)8)23(21-15-14-17(2)16-19(21)4)24(31)29-22-13-11-10-12-18(22)3/h1,10-16,20,23H,2-8H3,(H,28,33)(H,29,31). The molecule has 0 aromatic heterocycles. The highest BCUT2D eigenvalue weighted by Crippen LogP contribution is 2.27. The monoisotopic (exact) mass is 463 g/mol. The van der Waals surface area contributed by atoms with E-state index in [1.54, 1.807) is 32.9 Å². The van der Waals surface area contributed by atoms with Crippen LogP contribution in [-0.4, -0.2) is 34.5 Å². The number of alkyl carbamates (subject to hydrolysis) is 1. The van der Waals surface area contributed by atoms with Gasteiger partial charge in [-0.15, -0.1) is 0 Å². The maximum atomic E-state index is 13.5. The molecule has 0 aliphatic carbocycles. The van der Waals surface area contributed by atoms with Crippen LogP contribution >= 0.6 is 0 Å². The number of aryl methyl sites for hydroxylation is 3. The van der Waals surface area contributed by atoms with Gasteiger partial charge < -0.3 is 15.4 Å². The molecule has 0 spiro atoms. The van der Waals surface area contributed by atoms with E-state index in [1.165, 1.54) is 6.92 Å². The van der Waals surface area contributed by atoms with Crippen molar-refractivity contribution in [3.8, 4) is 12.5 Å². The number of amides is 3. The first kappa shape index (κ1) is 26.5. The van der Waals surface area contributed by atoms with E-state index in [0.29, 0.717) is 11.3 Å². The molecule has 0 saturated heterocycles. The van der Waals surface area contributed by atoms with Crippen LogP contribution in [0.2, 0.25) is 0 Å².